The maximum Gasteiger partial charge on any atom is 0.122 e. The number of aliphatic hydroxyl groups excluding tert-OH is 1. The van der Waals surface area contributed by atoms with E-state index in [1.807, 2.05) is 18.2 Å². The molecule has 1 rings (SSSR count). The standard InChI is InChI=1S/C13H20BrNO2/c1-3-6-15-9-12(16)8-10-7-11(14)4-5-13(10)17-2/h4-5,7,12,15-16H,3,6,8-9H2,1-2H3. The van der Waals surface area contributed by atoms with Crippen LogP contribution >= 0.6 is 15.9 Å². The van der Waals surface area contributed by atoms with Gasteiger partial charge in [-0.2, -0.15) is 0 Å². The van der Waals surface area contributed by atoms with Crippen molar-refractivity contribution in [2.75, 3.05) is 20.2 Å². The van der Waals surface area contributed by atoms with Gasteiger partial charge in [0.25, 0.3) is 0 Å². The topological polar surface area (TPSA) is 41.5 Å². The number of aliphatic hydroxyl groups is 1. The van der Waals surface area contributed by atoms with Crippen LogP contribution in [0.4, 0.5) is 0 Å². The highest BCUT2D eigenvalue weighted by atomic mass is 79.9. The molecule has 2 N–H and O–H groups in total. The lowest BCUT2D eigenvalue weighted by atomic mass is 10.1. The smallest absolute Gasteiger partial charge is 0.122 e. The molecule has 0 radical (unpaired) electrons. The third-order valence-corrected chi connectivity index (χ3v) is 3.00. The number of ether oxygens (including phenoxy) is 1. The predicted octanol–water partition coefficient (Wildman–Crippen LogP) is 2.36. The molecule has 0 bridgehead atoms. The van der Waals surface area contributed by atoms with Crippen LogP contribution in [-0.4, -0.2) is 31.4 Å². The molecule has 96 valence electrons. The van der Waals surface area contributed by atoms with Gasteiger partial charge in [0, 0.05) is 17.4 Å². The zero-order chi connectivity index (χ0) is 12.7. The molecular weight excluding hydrogens is 282 g/mol. The third-order valence-electron chi connectivity index (χ3n) is 2.50. The largest absolute Gasteiger partial charge is 0.496 e. The minimum atomic E-state index is -0.384. The first-order valence-corrected chi connectivity index (χ1v) is 6.67. The first-order chi connectivity index (χ1) is 8.17. The van der Waals surface area contributed by atoms with Crippen LogP contribution in [0.25, 0.3) is 0 Å². The molecule has 0 fully saturated rings. The lowest BCUT2D eigenvalue weighted by Crippen LogP contribution is -2.29. The average Bonchev–Trinajstić information content (AvgIpc) is 2.29. The van der Waals surface area contributed by atoms with Crippen LogP contribution in [0.5, 0.6) is 5.75 Å². The first kappa shape index (κ1) is 14.5. The normalized spacial score (nSPS) is 12.5. The Hall–Kier alpha value is -0.580. The van der Waals surface area contributed by atoms with Crippen molar-refractivity contribution in [3.63, 3.8) is 0 Å². The molecule has 0 saturated carbocycles. The summed E-state index contributed by atoms with van der Waals surface area (Å²) in [6.07, 6.45) is 1.29. The summed E-state index contributed by atoms with van der Waals surface area (Å²) in [5, 5.41) is 13.1. The van der Waals surface area contributed by atoms with Crippen molar-refractivity contribution >= 4 is 15.9 Å². The highest BCUT2D eigenvalue weighted by molar-refractivity contribution is 9.10. The van der Waals surface area contributed by atoms with Crippen LogP contribution in [0.1, 0.15) is 18.9 Å². The molecule has 0 amide bonds. The van der Waals surface area contributed by atoms with E-state index in [1.54, 1.807) is 7.11 Å². The van der Waals surface area contributed by atoms with Crippen molar-refractivity contribution in [1.29, 1.82) is 0 Å². The predicted molar refractivity (Wildman–Crippen MR) is 73.6 cm³/mol. The number of halogens is 1. The van der Waals surface area contributed by atoms with Gasteiger partial charge in [-0.3, -0.25) is 0 Å². The Morgan fingerprint density at radius 2 is 2.24 bits per heavy atom. The van der Waals surface area contributed by atoms with Gasteiger partial charge in [0.1, 0.15) is 5.75 Å². The fourth-order valence-electron chi connectivity index (χ4n) is 1.68. The van der Waals surface area contributed by atoms with Gasteiger partial charge < -0.3 is 15.2 Å². The van der Waals surface area contributed by atoms with E-state index >= 15 is 0 Å². The summed E-state index contributed by atoms with van der Waals surface area (Å²) in [4.78, 5) is 0. The van der Waals surface area contributed by atoms with Gasteiger partial charge in [-0.15, -0.1) is 0 Å². The van der Waals surface area contributed by atoms with E-state index in [4.69, 9.17) is 4.74 Å². The molecule has 0 aromatic heterocycles. The zero-order valence-electron chi connectivity index (χ0n) is 10.4. The average molecular weight is 302 g/mol. The second kappa shape index (κ2) is 7.69. The monoisotopic (exact) mass is 301 g/mol. The van der Waals surface area contributed by atoms with Crippen molar-refractivity contribution in [3.05, 3.63) is 28.2 Å². The quantitative estimate of drug-likeness (QED) is 0.760. The van der Waals surface area contributed by atoms with Gasteiger partial charge in [-0.25, -0.2) is 0 Å². The molecule has 1 aromatic carbocycles. The molecule has 0 heterocycles. The Kier molecular flexibility index (Phi) is 6.55. The molecule has 17 heavy (non-hydrogen) atoms. The van der Waals surface area contributed by atoms with Gasteiger partial charge in [-0.1, -0.05) is 22.9 Å². The number of benzene rings is 1. The fraction of sp³-hybridized carbons (Fsp3) is 0.538. The second-order valence-corrected chi connectivity index (χ2v) is 4.93. The van der Waals surface area contributed by atoms with Crippen molar-refractivity contribution in [3.8, 4) is 5.75 Å². The molecule has 0 spiro atoms. The number of nitrogens with one attached hydrogen (secondary N) is 1. The maximum atomic E-state index is 9.91. The van der Waals surface area contributed by atoms with Crippen LogP contribution in [0.3, 0.4) is 0 Å². The Bertz CT molecular complexity index is 344. The van der Waals surface area contributed by atoms with Crippen LogP contribution in [0.15, 0.2) is 22.7 Å². The minimum absolute atomic E-state index is 0.384. The summed E-state index contributed by atoms with van der Waals surface area (Å²) in [6, 6.07) is 5.83. The molecular formula is C13H20BrNO2. The SMILES string of the molecule is CCCNCC(O)Cc1cc(Br)ccc1OC. The van der Waals surface area contributed by atoms with Crippen molar-refractivity contribution in [2.45, 2.75) is 25.9 Å². The highest BCUT2D eigenvalue weighted by Crippen LogP contribution is 2.24. The molecule has 1 unspecified atom stereocenters. The Labute approximate surface area is 111 Å². The number of hydrogen-bond acceptors (Lipinski definition) is 3. The Morgan fingerprint density at radius 3 is 2.88 bits per heavy atom. The van der Waals surface area contributed by atoms with Crippen LogP contribution in [-0.2, 0) is 6.42 Å². The molecule has 1 aromatic rings. The minimum Gasteiger partial charge on any atom is -0.496 e. The van der Waals surface area contributed by atoms with Crippen LogP contribution < -0.4 is 10.1 Å². The molecule has 3 nitrogen and oxygen atoms in total. The van der Waals surface area contributed by atoms with Gasteiger partial charge in [-0.05, 0) is 36.7 Å². The van der Waals surface area contributed by atoms with E-state index < -0.39 is 0 Å². The van der Waals surface area contributed by atoms with Crippen molar-refractivity contribution in [2.24, 2.45) is 0 Å². The van der Waals surface area contributed by atoms with E-state index in [0.717, 1.165) is 28.8 Å². The Balaban J connectivity index is 2.57. The Morgan fingerprint density at radius 1 is 1.47 bits per heavy atom. The van der Waals surface area contributed by atoms with Crippen LogP contribution in [0, 0.1) is 0 Å². The van der Waals surface area contributed by atoms with Gasteiger partial charge >= 0.3 is 0 Å². The molecule has 0 aliphatic heterocycles. The molecule has 4 heteroatoms. The van der Waals surface area contributed by atoms with Gasteiger partial charge in [0.05, 0.1) is 13.2 Å². The molecule has 0 saturated heterocycles. The summed E-state index contributed by atoms with van der Waals surface area (Å²) in [6.45, 7) is 3.66. The van der Waals surface area contributed by atoms with E-state index in [9.17, 15) is 5.11 Å². The zero-order valence-corrected chi connectivity index (χ0v) is 12.0. The van der Waals surface area contributed by atoms with E-state index in [0.29, 0.717) is 13.0 Å². The van der Waals surface area contributed by atoms with Crippen molar-refractivity contribution in [1.82, 2.24) is 5.32 Å². The summed E-state index contributed by atoms with van der Waals surface area (Å²) in [5.74, 6) is 0.822. The summed E-state index contributed by atoms with van der Waals surface area (Å²) in [5.41, 5.74) is 1.02. The summed E-state index contributed by atoms with van der Waals surface area (Å²) < 4.78 is 6.28. The van der Waals surface area contributed by atoms with E-state index in [-0.39, 0.29) is 6.10 Å². The van der Waals surface area contributed by atoms with Crippen LogP contribution in [0.2, 0.25) is 0 Å². The molecule has 1 atom stereocenters. The lowest BCUT2D eigenvalue weighted by molar-refractivity contribution is 0.171. The summed E-state index contributed by atoms with van der Waals surface area (Å²) in [7, 11) is 1.65. The maximum absolute atomic E-state index is 9.91. The molecule has 0 aliphatic rings. The van der Waals surface area contributed by atoms with Crippen molar-refractivity contribution < 1.29 is 9.84 Å². The first-order valence-electron chi connectivity index (χ1n) is 5.88. The van der Waals surface area contributed by atoms with E-state index in [1.165, 1.54) is 0 Å². The van der Waals surface area contributed by atoms with Gasteiger partial charge in [0.15, 0.2) is 0 Å². The van der Waals surface area contributed by atoms with Gasteiger partial charge in [0.2, 0.25) is 0 Å². The number of hydrogen-bond donors (Lipinski definition) is 2. The number of rotatable bonds is 7. The number of methoxy groups -OCH3 is 1. The summed E-state index contributed by atoms with van der Waals surface area (Å²) >= 11 is 3.43. The fourth-order valence-corrected chi connectivity index (χ4v) is 2.09. The third kappa shape index (κ3) is 5.06. The van der Waals surface area contributed by atoms with E-state index in [2.05, 4.69) is 28.2 Å². The highest BCUT2D eigenvalue weighted by Gasteiger charge is 2.10. The lowest BCUT2D eigenvalue weighted by Gasteiger charge is -2.14. The molecule has 0 aliphatic carbocycles. The second-order valence-electron chi connectivity index (χ2n) is 4.02.